The van der Waals surface area contributed by atoms with Crippen molar-refractivity contribution in [3.8, 4) is 43.4 Å². The van der Waals surface area contributed by atoms with Crippen molar-refractivity contribution in [2.45, 2.75) is 70.9 Å². The summed E-state index contributed by atoms with van der Waals surface area (Å²) < 4.78 is 5.45. The lowest BCUT2D eigenvalue weighted by Gasteiger charge is -2.29. The van der Waals surface area contributed by atoms with Crippen LogP contribution < -0.4 is 31.5 Å². The SMILES string of the molecule is CNC(=O)C[C@@H]1NC(=O)c2csc(n2)-c2ccc(-c3nc(N4CC(O)=C5C[C@@H](C(=O)O)C[C@@H]5C4=O)cs3)nc2-c2csc(n2)-c2csc(n2)[C@H]([C@@H](O)c2ccccc2)NC(=O)CNC(=O)c2nc(sc2COC)C(C(C)C)NC(=O)c2nc1sc2C. The summed E-state index contributed by atoms with van der Waals surface area (Å²) in [6.07, 6.45) is -1.37. The van der Waals surface area contributed by atoms with Crippen molar-refractivity contribution in [1.29, 1.82) is 0 Å². The topological polar surface area (TPSA) is 343 Å². The van der Waals surface area contributed by atoms with Gasteiger partial charge in [0.15, 0.2) is 0 Å². The quantitative estimate of drug-likeness (QED) is 0.0654. The minimum absolute atomic E-state index is 0.00252. The summed E-state index contributed by atoms with van der Waals surface area (Å²) in [5, 5.41) is 55.7. The van der Waals surface area contributed by atoms with Crippen LogP contribution in [-0.4, -0.2) is 119 Å². The Labute approximate surface area is 513 Å². The van der Waals surface area contributed by atoms with Crippen molar-refractivity contribution in [3.63, 3.8) is 0 Å². The van der Waals surface area contributed by atoms with Gasteiger partial charge in [0.25, 0.3) is 17.7 Å². The largest absolute Gasteiger partial charge is 0.510 e. The third kappa shape index (κ3) is 12.2. The highest BCUT2D eigenvalue weighted by atomic mass is 32.1. The van der Waals surface area contributed by atoms with Crippen molar-refractivity contribution < 1.29 is 53.6 Å². The molecule has 30 heteroatoms. The Bertz CT molecular complexity index is 4000. The van der Waals surface area contributed by atoms with E-state index in [1.165, 1.54) is 53.1 Å². The molecule has 1 saturated carbocycles. The van der Waals surface area contributed by atoms with Crippen LogP contribution in [0.25, 0.3) is 43.4 Å². The van der Waals surface area contributed by atoms with E-state index >= 15 is 0 Å². The van der Waals surface area contributed by atoms with Gasteiger partial charge in [-0.2, -0.15) is 0 Å². The van der Waals surface area contributed by atoms with Crippen LogP contribution in [0.4, 0.5) is 5.82 Å². The van der Waals surface area contributed by atoms with Gasteiger partial charge in [-0.3, -0.25) is 38.5 Å². The molecule has 11 rings (SSSR count). The minimum Gasteiger partial charge on any atom is -0.510 e. The molecule has 2 aliphatic heterocycles. The van der Waals surface area contributed by atoms with Gasteiger partial charge in [0.1, 0.15) is 87.9 Å². The number of nitrogens with one attached hydrogen (secondary N) is 5. The fraction of sp³-hybridized carbons (Fsp3) is 0.321. The van der Waals surface area contributed by atoms with Gasteiger partial charge in [-0.1, -0.05) is 44.2 Å². The number of aliphatic hydroxyl groups is 2. The lowest BCUT2D eigenvalue weighted by atomic mass is 9.96. The number of anilines is 1. The number of aliphatic carboxylic acids is 1. The minimum atomic E-state index is -1.30. The number of fused-ring (bicyclic) bond motifs is 15. The molecule has 9 heterocycles. The maximum atomic E-state index is 14.4. The van der Waals surface area contributed by atoms with E-state index in [0.717, 1.165) is 34.0 Å². The normalized spacial score (nSPS) is 19.8. The Kier molecular flexibility index (Phi) is 17.4. The van der Waals surface area contributed by atoms with Crippen LogP contribution in [0.3, 0.4) is 0 Å². The van der Waals surface area contributed by atoms with Crippen molar-refractivity contribution in [1.82, 2.24) is 61.5 Å². The molecule has 10 bridgehead atoms. The number of carbonyl (C=O) groups excluding carboxylic acids is 6. The van der Waals surface area contributed by atoms with Crippen molar-refractivity contribution in [3.05, 3.63) is 123 Å². The summed E-state index contributed by atoms with van der Waals surface area (Å²) in [6.45, 7) is 4.74. The number of hydrogen-bond acceptors (Lipinski definition) is 23. The van der Waals surface area contributed by atoms with E-state index in [2.05, 4.69) is 31.6 Å². The van der Waals surface area contributed by atoms with Crippen LogP contribution in [0.15, 0.2) is 75.3 Å². The van der Waals surface area contributed by atoms with E-state index in [4.69, 9.17) is 34.6 Å². The van der Waals surface area contributed by atoms with Gasteiger partial charge in [0.2, 0.25) is 17.7 Å². The molecule has 3 aliphatic rings. The number of aryl methyl sites for hydroxylation is 1. The molecule has 86 heavy (non-hydrogen) atoms. The molecular weight excluding hydrogens is 1220 g/mol. The third-order valence-electron chi connectivity index (χ3n) is 14.5. The number of carboxylic acid groups (broad SMARTS) is 1. The fourth-order valence-electron chi connectivity index (χ4n) is 10.1. The molecule has 6 amide bonds. The Morgan fingerprint density at radius 2 is 1.47 bits per heavy atom. The highest BCUT2D eigenvalue weighted by Gasteiger charge is 2.45. The van der Waals surface area contributed by atoms with E-state index in [-0.39, 0.29) is 77.9 Å². The first-order valence-electron chi connectivity index (χ1n) is 26.7. The van der Waals surface area contributed by atoms with Crippen molar-refractivity contribution in [2.75, 3.05) is 32.1 Å². The van der Waals surface area contributed by atoms with Gasteiger partial charge in [-0.25, -0.2) is 34.9 Å². The molecule has 0 saturated heterocycles. The second-order valence-electron chi connectivity index (χ2n) is 20.6. The zero-order valence-corrected chi connectivity index (χ0v) is 51.2. The number of pyridine rings is 1. The number of nitrogens with zero attached hydrogens (tertiary/aromatic N) is 8. The Morgan fingerprint density at radius 1 is 0.744 bits per heavy atom. The fourth-order valence-corrected chi connectivity index (χ4v) is 15.6. The van der Waals surface area contributed by atoms with Crippen LogP contribution in [-0.2, 0) is 30.5 Å². The third-order valence-corrected chi connectivity index (χ3v) is 20.2. The molecule has 1 unspecified atom stereocenters. The second kappa shape index (κ2) is 25.1. The highest BCUT2D eigenvalue weighted by Crippen LogP contribution is 2.44. The van der Waals surface area contributed by atoms with E-state index in [0.29, 0.717) is 74.3 Å². The molecule has 6 atom stereocenters. The number of thiazole rings is 6. The highest BCUT2D eigenvalue weighted by molar-refractivity contribution is 7.15. The van der Waals surface area contributed by atoms with Crippen LogP contribution >= 0.6 is 68.0 Å². The summed E-state index contributed by atoms with van der Waals surface area (Å²) in [5.74, 6) is -6.00. The number of ether oxygens (including phenoxy) is 1. The number of methoxy groups -OCH3 is 1. The smallest absolute Gasteiger partial charge is 0.306 e. The summed E-state index contributed by atoms with van der Waals surface area (Å²) in [4.78, 5) is 132. The number of amides is 6. The predicted molar refractivity (Wildman–Crippen MR) is 323 cm³/mol. The lowest BCUT2D eigenvalue weighted by Crippen LogP contribution is -2.42. The molecule has 1 fully saturated rings. The first-order chi connectivity index (χ1) is 41.3. The van der Waals surface area contributed by atoms with Crippen LogP contribution in [0.5, 0.6) is 0 Å². The van der Waals surface area contributed by atoms with E-state index < -0.39 is 78.1 Å². The van der Waals surface area contributed by atoms with Gasteiger partial charge in [-0.05, 0) is 49.0 Å². The monoisotopic (exact) mass is 1280 g/mol. The Balaban J connectivity index is 0.982. The summed E-state index contributed by atoms with van der Waals surface area (Å²) >= 11 is 7.06. The summed E-state index contributed by atoms with van der Waals surface area (Å²) in [7, 11) is 2.93. The molecule has 8 aromatic rings. The molecule has 8 N–H and O–H groups in total. The average Bonchev–Trinajstić information content (AvgIpc) is 2.12. The van der Waals surface area contributed by atoms with E-state index in [9.17, 15) is 48.9 Å². The molecule has 1 aliphatic carbocycles. The maximum absolute atomic E-state index is 14.4. The molecule has 444 valence electrons. The first kappa shape index (κ1) is 59.6. The lowest BCUT2D eigenvalue weighted by molar-refractivity contribution is -0.141. The number of hydrogen-bond donors (Lipinski definition) is 8. The number of carbonyl (C=O) groups is 7. The number of benzene rings is 1. The molecule has 0 radical (unpaired) electrons. The van der Waals surface area contributed by atoms with Gasteiger partial charge >= 0.3 is 5.97 Å². The van der Waals surface area contributed by atoms with Gasteiger partial charge in [0.05, 0.1) is 60.6 Å². The number of carboxylic acids is 1. The number of aliphatic hydroxyl groups excluding tert-OH is 2. The predicted octanol–water partition coefficient (Wildman–Crippen LogP) is 7.58. The average molecular weight is 1280 g/mol. The summed E-state index contributed by atoms with van der Waals surface area (Å²) in [5.41, 5.74) is 2.90. The number of rotatable bonds is 10. The molecule has 24 nitrogen and oxygen atoms in total. The standard InChI is InChI=1S/C56H53N13O11S6/c1-23(2)40-54-68-43(36(86-54)18-80-5)47(75)58-16-39(72)65-44(45(73)25-9-7-6-8-10-25)53-63-34(21-83-53)51-61-32(19-82-51)42-27(49-62-33(20-81-49)46(74)60-31(15-38(71)57-4)52-67-41(24(3)85-52)48(76)66-40)11-12-30(59-42)50-64-37(22-84-50)69-17-35(70)28-13-26(56(78)79)14-29(28)55(69)77/h6-12,19-23,26,29,31,40,44-45,70,73H,13-18H2,1-5H3,(H,57,71)(H,58,75)(H,60,74)(H,65,72)(H,66,76)(H,78,79)/t26-,29+,31+,40?,44+,45+/m1/s1. The van der Waals surface area contributed by atoms with E-state index in [1.807, 2.05) is 13.8 Å². The van der Waals surface area contributed by atoms with Gasteiger partial charge in [-0.15, -0.1) is 68.0 Å². The van der Waals surface area contributed by atoms with Crippen LogP contribution in [0.2, 0.25) is 0 Å². The molecular formula is C56H53N13O11S6. The van der Waals surface area contributed by atoms with E-state index in [1.54, 1.807) is 70.9 Å². The first-order valence-corrected chi connectivity index (χ1v) is 31.9. The summed E-state index contributed by atoms with van der Waals surface area (Å²) in [6, 6.07) is 9.35. The van der Waals surface area contributed by atoms with Crippen LogP contribution in [0, 0.1) is 24.7 Å². The molecule has 1 aromatic carbocycles. The van der Waals surface area contributed by atoms with Crippen molar-refractivity contribution in [2.24, 2.45) is 17.8 Å². The molecule has 0 spiro atoms. The molecule has 7 aromatic heterocycles. The maximum Gasteiger partial charge on any atom is 0.306 e. The van der Waals surface area contributed by atoms with Gasteiger partial charge in [0, 0.05) is 46.1 Å². The Hall–Kier alpha value is -8.10. The zero-order chi connectivity index (χ0) is 60.7. The Morgan fingerprint density at radius 3 is 2.22 bits per heavy atom. The van der Waals surface area contributed by atoms with Gasteiger partial charge < -0.3 is 46.6 Å². The second-order valence-corrected chi connectivity index (χ2v) is 26.4. The van der Waals surface area contributed by atoms with Crippen molar-refractivity contribution >= 4 is 115 Å². The number of aromatic nitrogens is 7. The van der Waals surface area contributed by atoms with Crippen LogP contribution in [0.1, 0.15) is 119 Å². The zero-order valence-electron chi connectivity index (χ0n) is 46.3.